The van der Waals surface area contributed by atoms with Gasteiger partial charge in [-0.15, -0.1) is 0 Å². The lowest BCUT2D eigenvalue weighted by atomic mass is 10.0. The fourth-order valence-electron chi connectivity index (χ4n) is 2.63. The Bertz CT molecular complexity index is 448. The molecule has 2 N–H and O–H groups in total. The molecule has 0 saturated carbocycles. The van der Waals surface area contributed by atoms with Crippen LogP contribution in [0.25, 0.3) is 0 Å². The van der Waals surface area contributed by atoms with Crippen molar-refractivity contribution in [2.75, 3.05) is 6.54 Å². The Morgan fingerprint density at radius 3 is 2.95 bits per heavy atom. The van der Waals surface area contributed by atoms with Gasteiger partial charge in [0, 0.05) is 24.0 Å². The fraction of sp³-hybridized carbons (Fsp3) is 0.533. The number of halogens is 1. The van der Waals surface area contributed by atoms with Crippen molar-refractivity contribution in [2.24, 2.45) is 5.73 Å². The molecule has 1 aromatic carbocycles. The second kappa shape index (κ2) is 6.40. The van der Waals surface area contributed by atoms with Crippen LogP contribution in [0.2, 0.25) is 5.02 Å². The van der Waals surface area contributed by atoms with Crippen LogP contribution in [0.15, 0.2) is 24.3 Å². The maximum Gasteiger partial charge on any atom is 0.223 e. The van der Waals surface area contributed by atoms with Gasteiger partial charge in [-0.05, 0) is 37.8 Å². The molecular weight excluding hydrogens is 260 g/mol. The number of hydrogen-bond donors (Lipinski definition) is 1. The summed E-state index contributed by atoms with van der Waals surface area (Å²) in [7, 11) is 0. The standard InChI is InChI=1S/C15H21ClN2O/c1-11(17)8-9-15(19)18-10-4-7-14(18)12-5-2-3-6-13(12)16/h2-3,5-6,11,14H,4,7-10,17H2,1H3. The topological polar surface area (TPSA) is 46.3 Å². The predicted molar refractivity (Wildman–Crippen MR) is 78.0 cm³/mol. The van der Waals surface area contributed by atoms with Crippen molar-refractivity contribution in [1.29, 1.82) is 0 Å². The van der Waals surface area contributed by atoms with E-state index in [0.717, 1.165) is 36.4 Å². The second-order valence-electron chi connectivity index (χ2n) is 5.28. The Morgan fingerprint density at radius 1 is 1.53 bits per heavy atom. The summed E-state index contributed by atoms with van der Waals surface area (Å²) in [5, 5.41) is 0.749. The molecular formula is C15H21ClN2O. The van der Waals surface area contributed by atoms with Crippen molar-refractivity contribution in [3.8, 4) is 0 Å². The van der Waals surface area contributed by atoms with Gasteiger partial charge in [-0.2, -0.15) is 0 Å². The highest BCUT2D eigenvalue weighted by Crippen LogP contribution is 2.36. The normalized spacial score (nSPS) is 20.6. The van der Waals surface area contributed by atoms with Crippen molar-refractivity contribution in [3.05, 3.63) is 34.9 Å². The lowest BCUT2D eigenvalue weighted by Crippen LogP contribution is -2.31. The summed E-state index contributed by atoms with van der Waals surface area (Å²) in [5.41, 5.74) is 6.78. The first kappa shape index (κ1) is 14.4. The summed E-state index contributed by atoms with van der Waals surface area (Å²) in [6, 6.07) is 8.01. The zero-order chi connectivity index (χ0) is 13.8. The molecule has 0 spiro atoms. The van der Waals surface area contributed by atoms with E-state index in [2.05, 4.69) is 0 Å². The number of carbonyl (C=O) groups is 1. The lowest BCUT2D eigenvalue weighted by molar-refractivity contribution is -0.132. The van der Waals surface area contributed by atoms with Gasteiger partial charge in [-0.1, -0.05) is 29.8 Å². The maximum absolute atomic E-state index is 12.3. The van der Waals surface area contributed by atoms with E-state index >= 15 is 0 Å². The van der Waals surface area contributed by atoms with E-state index in [9.17, 15) is 4.79 Å². The van der Waals surface area contributed by atoms with Crippen LogP contribution in [0.5, 0.6) is 0 Å². The molecule has 2 rings (SSSR count). The average molecular weight is 281 g/mol. The van der Waals surface area contributed by atoms with Crippen LogP contribution >= 0.6 is 11.6 Å². The Labute approximate surface area is 119 Å². The summed E-state index contributed by atoms with van der Waals surface area (Å²) in [4.78, 5) is 14.2. The van der Waals surface area contributed by atoms with Crippen LogP contribution in [-0.4, -0.2) is 23.4 Å². The number of hydrogen-bond acceptors (Lipinski definition) is 2. The lowest BCUT2D eigenvalue weighted by Gasteiger charge is -2.26. The first-order valence-electron chi connectivity index (χ1n) is 6.89. The molecule has 1 aromatic rings. The highest BCUT2D eigenvalue weighted by Gasteiger charge is 2.30. The third-order valence-corrected chi connectivity index (χ3v) is 4.00. The molecule has 1 amide bonds. The molecule has 0 aliphatic carbocycles. The zero-order valence-corrected chi connectivity index (χ0v) is 12.1. The zero-order valence-electron chi connectivity index (χ0n) is 11.3. The van der Waals surface area contributed by atoms with E-state index in [0.29, 0.717) is 6.42 Å². The van der Waals surface area contributed by atoms with E-state index in [1.807, 2.05) is 36.1 Å². The number of carbonyl (C=O) groups excluding carboxylic acids is 1. The van der Waals surface area contributed by atoms with Crippen molar-refractivity contribution in [1.82, 2.24) is 4.90 Å². The molecule has 4 heteroatoms. The van der Waals surface area contributed by atoms with E-state index in [-0.39, 0.29) is 18.0 Å². The largest absolute Gasteiger partial charge is 0.336 e. The first-order chi connectivity index (χ1) is 9.09. The van der Waals surface area contributed by atoms with Crippen molar-refractivity contribution in [2.45, 2.75) is 44.7 Å². The molecule has 1 aliphatic rings. The van der Waals surface area contributed by atoms with Crippen LogP contribution in [0.4, 0.5) is 0 Å². The molecule has 19 heavy (non-hydrogen) atoms. The van der Waals surface area contributed by atoms with Crippen LogP contribution in [0.3, 0.4) is 0 Å². The second-order valence-corrected chi connectivity index (χ2v) is 5.69. The first-order valence-corrected chi connectivity index (χ1v) is 7.27. The molecule has 0 bridgehead atoms. The molecule has 0 radical (unpaired) electrons. The number of amides is 1. The van der Waals surface area contributed by atoms with Gasteiger partial charge >= 0.3 is 0 Å². The Hall–Kier alpha value is -1.06. The minimum absolute atomic E-state index is 0.0744. The Kier molecular flexibility index (Phi) is 4.83. The van der Waals surface area contributed by atoms with Crippen LogP contribution in [0, 0.1) is 0 Å². The minimum Gasteiger partial charge on any atom is -0.336 e. The maximum atomic E-state index is 12.3. The van der Waals surface area contributed by atoms with Crippen LogP contribution in [-0.2, 0) is 4.79 Å². The molecule has 104 valence electrons. The number of nitrogens with zero attached hydrogens (tertiary/aromatic N) is 1. The van der Waals surface area contributed by atoms with Gasteiger partial charge < -0.3 is 10.6 Å². The minimum atomic E-state index is 0.0744. The van der Waals surface area contributed by atoms with E-state index in [1.165, 1.54) is 0 Å². The quantitative estimate of drug-likeness (QED) is 0.921. The molecule has 0 aromatic heterocycles. The summed E-state index contributed by atoms with van der Waals surface area (Å²) in [6.07, 6.45) is 3.30. The number of rotatable bonds is 4. The summed E-state index contributed by atoms with van der Waals surface area (Å²) < 4.78 is 0. The Morgan fingerprint density at radius 2 is 2.26 bits per heavy atom. The monoisotopic (exact) mass is 280 g/mol. The number of likely N-dealkylation sites (tertiary alicyclic amines) is 1. The van der Waals surface area contributed by atoms with Crippen LogP contribution in [0.1, 0.15) is 44.2 Å². The molecule has 1 aliphatic heterocycles. The summed E-state index contributed by atoms with van der Waals surface area (Å²) >= 11 is 6.24. The molecule has 1 heterocycles. The number of benzene rings is 1. The molecule has 2 atom stereocenters. The fourth-order valence-corrected chi connectivity index (χ4v) is 2.89. The summed E-state index contributed by atoms with van der Waals surface area (Å²) in [5.74, 6) is 0.194. The van der Waals surface area contributed by atoms with E-state index in [1.54, 1.807) is 0 Å². The van der Waals surface area contributed by atoms with Gasteiger partial charge in [-0.3, -0.25) is 4.79 Å². The Balaban J connectivity index is 2.09. The third-order valence-electron chi connectivity index (χ3n) is 3.65. The SMILES string of the molecule is CC(N)CCC(=O)N1CCCC1c1ccccc1Cl. The van der Waals surface area contributed by atoms with Gasteiger partial charge in [0.1, 0.15) is 0 Å². The van der Waals surface area contributed by atoms with Crippen molar-refractivity contribution < 1.29 is 4.79 Å². The third kappa shape index (κ3) is 3.48. The van der Waals surface area contributed by atoms with Crippen molar-refractivity contribution >= 4 is 17.5 Å². The van der Waals surface area contributed by atoms with E-state index in [4.69, 9.17) is 17.3 Å². The summed E-state index contributed by atoms with van der Waals surface area (Å²) in [6.45, 7) is 2.76. The molecule has 2 unspecified atom stereocenters. The molecule has 1 fully saturated rings. The van der Waals surface area contributed by atoms with Gasteiger partial charge in [0.05, 0.1) is 6.04 Å². The molecule has 3 nitrogen and oxygen atoms in total. The van der Waals surface area contributed by atoms with Crippen molar-refractivity contribution in [3.63, 3.8) is 0 Å². The smallest absolute Gasteiger partial charge is 0.223 e. The highest BCUT2D eigenvalue weighted by molar-refractivity contribution is 6.31. The average Bonchev–Trinajstić information content (AvgIpc) is 2.85. The van der Waals surface area contributed by atoms with Gasteiger partial charge in [-0.25, -0.2) is 0 Å². The molecule has 1 saturated heterocycles. The van der Waals surface area contributed by atoms with Gasteiger partial charge in [0.25, 0.3) is 0 Å². The van der Waals surface area contributed by atoms with E-state index < -0.39 is 0 Å². The predicted octanol–water partition coefficient (Wildman–Crippen LogP) is 3.13. The highest BCUT2D eigenvalue weighted by atomic mass is 35.5. The van der Waals surface area contributed by atoms with Gasteiger partial charge in [0.15, 0.2) is 0 Å². The van der Waals surface area contributed by atoms with Crippen LogP contribution < -0.4 is 5.73 Å². The van der Waals surface area contributed by atoms with Gasteiger partial charge in [0.2, 0.25) is 5.91 Å². The number of nitrogens with two attached hydrogens (primary N) is 1.